The summed E-state index contributed by atoms with van der Waals surface area (Å²) in [5.41, 5.74) is 2.20. The number of hydrogen-bond donors (Lipinski definition) is 0. The average molecular weight is 355 g/mol. The molecule has 0 radical (unpaired) electrons. The van der Waals surface area contributed by atoms with Crippen LogP contribution in [0.4, 0.5) is 10.8 Å². The third-order valence-corrected chi connectivity index (χ3v) is 5.66. The normalized spacial score (nSPS) is 14.8. The summed E-state index contributed by atoms with van der Waals surface area (Å²) in [6.07, 6.45) is 0. The van der Waals surface area contributed by atoms with Crippen LogP contribution in [0.25, 0.3) is 10.2 Å². The molecule has 0 unspecified atom stereocenters. The van der Waals surface area contributed by atoms with Gasteiger partial charge in [-0.15, -0.1) is 0 Å². The highest BCUT2D eigenvalue weighted by Gasteiger charge is 2.21. The monoisotopic (exact) mass is 355 g/mol. The number of hydrogen-bond acceptors (Lipinski definition) is 6. The highest BCUT2D eigenvalue weighted by atomic mass is 32.1. The molecule has 0 spiro atoms. The van der Waals surface area contributed by atoms with Gasteiger partial charge in [0.2, 0.25) is 0 Å². The molecule has 1 aliphatic rings. The summed E-state index contributed by atoms with van der Waals surface area (Å²) in [5.74, 6) is 1.74. The zero-order chi connectivity index (χ0) is 17.2. The lowest BCUT2D eigenvalue weighted by Gasteiger charge is -2.36. The molecule has 3 aromatic rings. The van der Waals surface area contributed by atoms with Gasteiger partial charge in [0.25, 0.3) is 0 Å². The Hall–Kier alpha value is -2.47. The maximum Gasteiger partial charge on any atom is 0.186 e. The van der Waals surface area contributed by atoms with Crippen LogP contribution in [0.2, 0.25) is 0 Å². The number of ether oxygens (including phenoxy) is 2. The van der Waals surface area contributed by atoms with Crippen molar-refractivity contribution in [3.05, 3.63) is 42.5 Å². The lowest BCUT2D eigenvalue weighted by molar-refractivity contribution is 0.415. The molecule has 1 saturated heterocycles. The zero-order valence-corrected chi connectivity index (χ0v) is 15.3. The number of para-hydroxylation sites is 1. The Labute approximate surface area is 151 Å². The summed E-state index contributed by atoms with van der Waals surface area (Å²) in [4.78, 5) is 9.58. The summed E-state index contributed by atoms with van der Waals surface area (Å²) in [7, 11) is 3.39. The second-order valence-corrected chi connectivity index (χ2v) is 6.98. The molecule has 2 aromatic carbocycles. The van der Waals surface area contributed by atoms with Crippen LogP contribution < -0.4 is 19.3 Å². The van der Waals surface area contributed by atoms with Gasteiger partial charge in [-0.2, -0.15) is 0 Å². The van der Waals surface area contributed by atoms with E-state index >= 15 is 0 Å². The number of fused-ring (bicyclic) bond motifs is 1. The van der Waals surface area contributed by atoms with E-state index in [-0.39, 0.29) is 0 Å². The van der Waals surface area contributed by atoms with E-state index in [0.29, 0.717) is 0 Å². The quantitative estimate of drug-likeness (QED) is 0.714. The van der Waals surface area contributed by atoms with Gasteiger partial charge in [-0.3, -0.25) is 0 Å². The number of aromatic nitrogens is 1. The van der Waals surface area contributed by atoms with Gasteiger partial charge in [0.05, 0.1) is 18.9 Å². The van der Waals surface area contributed by atoms with Crippen molar-refractivity contribution in [2.24, 2.45) is 0 Å². The van der Waals surface area contributed by atoms with Gasteiger partial charge in [0.15, 0.2) is 5.13 Å². The van der Waals surface area contributed by atoms with E-state index in [1.165, 1.54) is 10.4 Å². The number of nitrogens with zero attached hydrogens (tertiary/aromatic N) is 3. The van der Waals surface area contributed by atoms with Crippen molar-refractivity contribution in [3.8, 4) is 11.5 Å². The average Bonchev–Trinajstić information content (AvgIpc) is 3.12. The molecule has 1 fully saturated rings. The fourth-order valence-electron chi connectivity index (χ4n) is 3.16. The molecule has 0 bridgehead atoms. The van der Waals surface area contributed by atoms with Crippen molar-refractivity contribution < 1.29 is 9.47 Å². The predicted octanol–water partition coefficient (Wildman–Crippen LogP) is 3.64. The number of benzene rings is 2. The molecular formula is C19H21N3O2S. The van der Waals surface area contributed by atoms with Gasteiger partial charge in [0, 0.05) is 31.9 Å². The van der Waals surface area contributed by atoms with E-state index < -0.39 is 0 Å². The molecule has 25 heavy (non-hydrogen) atoms. The van der Waals surface area contributed by atoms with Gasteiger partial charge >= 0.3 is 0 Å². The number of rotatable bonds is 4. The summed E-state index contributed by atoms with van der Waals surface area (Å²) in [6.45, 7) is 3.90. The first-order chi connectivity index (χ1) is 12.3. The molecule has 0 aliphatic carbocycles. The van der Waals surface area contributed by atoms with E-state index in [1.807, 2.05) is 24.3 Å². The Bertz CT molecular complexity index is 855. The number of methoxy groups -OCH3 is 2. The number of piperazine rings is 1. The summed E-state index contributed by atoms with van der Waals surface area (Å²) < 4.78 is 11.8. The van der Waals surface area contributed by atoms with Crippen molar-refractivity contribution in [2.75, 3.05) is 50.2 Å². The van der Waals surface area contributed by atoms with Crippen LogP contribution >= 0.6 is 11.3 Å². The van der Waals surface area contributed by atoms with Gasteiger partial charge in [-0.1, -0.05) is 17.4 Å². The Morgan fingerprint density at radius 1 is 0.880 bits per heavy atom. The van der Waals surface area contributed by atoms with E-state index in [4.69, 9.17) is 14.5 Å². The van der Waals surface area contributed by atoms with Gasteiger partial charge < -0.3 is 19.3 Å². The summed E-state index contributed by atoms with van der Waals surface area (Å²) in [6, 6.07) is 14.4. The lowest BCUT2D eigenvalue weighted by Crippen LogP contribution is -2.46. The highest BCUT2D eigenvalue weighted by Crippen LogP contribution is 2.34. The minimum absolute atomic E-state index is 0.844. The predicted molar refractivity (Wildman–Crippen MR) is 104 cm³/mol. The van der Waals surface area contributed by atoms with Crippen molar-refractivity contribution in [2.45, 2.75) is 0 Å². The van der Waals surface area contributed by atoms with Crippen molar-refractivity contribution in [1.82, 2.24) is 4.98 Å². The highest BCUT2D eigenvalue weighted by molar-refractivity contribution is 7.22. The van der Waals surface area contributed by atoms with Crippen LogP contribution in [0.5, 0.6) is 11.5 Å². The Balaban J connectivity index is 1.48. The maximum absolute atomic E-state index is 5.43. The third-order valence-electron chi connectivity index (χ3n) is 4.58. The minimum Gasteiger partial charge on any atom is -0.497 e. The molecule has 0 amide bonds. The molecule has 1 aromatic heterocycles. The molecule has 4 rings (SSSR count). The molecular weight excluding hydrogens is 334 g/mol. The van der Waals surface area contributed by atoms with Crippen molar-refractivity contribution in [3.63, 3.8) is 0 Å². The first-order valence-electron chi connectivity index (χ1n) is 8.36. The largest absolute Gasteiger partial charge is 0.497 e. The van der Waals surface area contributed by atoms with Crippen molar-refractivity contribution in [1.29, 1.82) is 0 Å². The first kappa shape index (κ1) is 16.0. The van der Waals surface area contributed by atoms with E-state index in [1.54, 1.807) is 25.6 Å². The topological polar surface area (TPSA) is 37.8 Å². The van der Waals surface area contributed by atoms with Crippen LogP contribution in [0.3, 0.4) is 0 Å². The second kappa shape index (κ2) is 6.80. The number of thiazole rings is 1. The van der Waals surface area contributed by atoms with Gasteiger partial charge in [-0.05, 0) is 36.4 Å². The van der Waals surface area contributed by atoms with E-state index in [9.17, 15) is 0 Å². The molecule has 0 atom stereocenters. The second-order valence-electron chi connectivity index (χ2n) is 5.98. The van der Waals surface area contributed by atoms with Gasteiger partial charge in [0.1, 0.15) is 17.0 Å². The van der Waals surface area contributed by atoms with E-state index in [0.717, 1.165) is 48.3 Å². The Kier molecular flexibility index (Phi) is 4.36. The van der Waals surface area contributed by atoms with Crippen LogP contribution in [-0.2, 0) is 0 Å². The fourth-order valence-corrected chi connectivity index (χ4v) is 4.20. The van der Waals surface area contributed by atoms with E-state index in [2.05, 4.69) is 28.0 Å². The minimum atomic E-state index is 0.844. The fraction of sp³-hybridized carbons (Fsp3) is 0.316. The molecule has 0 N–H and O–H groups in total. The maximum atomic E-state index is 5.43. The van der Waals surface area contributed by atoms with Crippen LogP contribution in [0, 0.1) is 0 Å². The number of anilines is 2. The smallest absolute Gasteiger partial charge is 0.186 e. The summed E-state index contributed by atoms with van der Waals surface area (Å²) >= 11 is 1.74. The first-order valence-corrected chi connectivity index (χ1v) is 9.17. The SMILES string of the molecule is COc1ccc(N2CCN(c3nc4c(OC)cccc4s3)CC2)cc1. The molecule has 1 aliphatic heterocycles. The van der Waals surface area contributed by atoms with Crippen LogP contribution in [0.15, 0.2) is 42.5 Å². The zero-order valence-electron chi connectivity index (χ0n) is 14.4. The molecule has 130 valence electrons. The van der Waals surface area contributed by atoms with Gasteiger partial charge in [-0.25, -0.2) is 4.98 Å². The van der Waals surface area contributed by atoms with Crippen molar-refractivity contribution >= 4 is 32.4 Å². The Morgan fingerprint density at radius 2 is 1.60 bits per heavy atom. The standard InChI is InChI=1S/C19H21N3O2S/c1-23-15-8-6-14(7-9-15)21-10-12-22(13-11-21)19-20-18-16(24-2)4-3-5-17(18)25-19/h3-9H,10-13H2,1-2H3. The molecule has 6 heteroatoms. The van der Waals surface area contributed by atoms with Crippen LogP contribution in [0.1, 0.15) is 0 Å². The molecule has 5 nitrogen and oxygen atoms in total. The molecule has 2 heterocycles. The lowest BCUT2D eigenvalue weighted by atomic mass is 10.2. The Morgan fingerprint density at radius 3 is 2.28 bits per heavy atom. The third kappa shape index (κ3) is 3.09. The van der Waals surface area contributed by atoms with Crippen LogP contribution in [-0.4, -0.2) is 45.4 Å². The molecule has 0 saturated carbocycles. The summed E-state index contributed by atoms with van der Waals surface area (Å²) in [5, 5.41) is 1.08.